The van der Waals surface area contributed by atoms with Crippen LogP contribution in [0.3, 0.4) is 0 Å². The maximum absolute atomic E-state index is 12.7. The lowest BCUT2D eigenvalue weighted by Gasteiger charge is -2.31. The molecular formula is C24H34N4O3S. The molecule has 1 aromatic carbocycles. The number of amides is 1. The Labute approximate surface area is 191 Å². The molecule has 2 aliphatic heterocycles. The van der Waals surface area contributed by atoms with Crippen LogP contribution in [0.5, 0.6) is 0 Å². The van der Waals surface area contributed by atoms with E-state index in [1.54, 1.807) is 4.68 Å². The molecule has 2 aromatic rings. The number of nitrogens with zero attached hydrogens (tertiary/aromatic N) is 3. The summed E-state index contributed by atoms with van der Waals surface area (Å²) < 4.78 is 25.4. The van der Waals surface area contributed by atoms with Crippen molar-refractivity contribution in [3.8, 4) is 0 Å². The fourth-order valence-electron chi connectivity index (χ4n) is 4.80. The fourth-order valence-corrected chi connectivity index (χ4v) is 6.49. The van der Waals surface area contributed by atoms with Gasteiger partial charge in [-0.15, -0.1) is 0 Å². The number of anilines is 1. The summed E-state index contributed by atoms with van der Waals surface area (Å²) in [6, 6.07) is 10.4. The van der Waals surface area contributed by atoms with Crippen molar-refractivity contribution in [3.63, 3.8) is 0 Å². The van der Waals surface area contributed by atoms with Gasteiger partial charge >= 0.3 is 0 Å². The lowest BCUT2D eigenvalue weighted by atomic mass is 9.90. The van der Waals surface area contributed by atoms with Gasteiger partial charge < -0.3 is 5.32 Å². The van der Waals surface area contributed by atoms with Crippen LogP contribution in [0.2, 0.25) is 0 Å². The van der Waals surface area contributed by atoms with Gasteiger partial charge in [0.25, 0.3) is 0 Å². The zero-order valence-electron chi connectivity index (χ0n) is 19.1. The Morgan fingerprint density at radius 3 is 2.50 bits per heavy atom. The zero-order chi connectivity index (χ0) is 22.7. The van der Waals surface area contributed by atoms with Crippen LogP contribution in [0.1, 0.15) is 48.5 Å². The third kappa shape index (κ3) is 5.98. The Hall–Kier alpha value is -2.19. The Kier molecular flexibility index (Phi) is 7.00. The van der Waals surface area contributed by atoms with E-state index >= 15 is 0 Å². The number of carbonyl (C=O) groups is 1. The highest BCUT2D eigenvalue weighted by molar-refractivity contribution is 7.91. The number of nitrogens with one attached hydrogen (secondary N) is 1. The summed E-state index contributed by atoms with van der Waals surface area (Å²) in [6.45, 7) is 6.20. The first-order chi connectivity index (χ1) is 15.3. The molecule has 1 atom stereocenters. The molecule has 32 heavy (non-hydrogen) atoms. The first-order valence-corrected chi connectivity index (χ1v) is 13.4. The van der Waals surface area contributed by atoms with Gasteiger partial charge in [0.1, 0.15) is 5.82 Å². The van der Waals surface area contributed by atoms with Crippen molar-refractivity contribution in [1.82, 2.24) is 14.7 Å². The summed E-state index contributed by atoms with van der Waals surface area (Å²) >= 11 is 0. The Balaban J connectivity index is 1.24. The minimum Gasteiger partial charge on any atom is -0.310 e. The quantitative estimate of drug-likeness (QED) is 0.689. The van der Waals surface area contributed by atoms with Gasteiger partial charge in [-0.05, 0) is 70.5 Å². The Morgan fingerprint density at radius 1 is 1.12 bits per heavy atom. The van der Waals surface area contributed by atoms with Crippen molar-refractivity contribution in [2.45, 2.75) is 52.0 Å². The van der Waals surface area contributed by atoms with E-state index in [0.717, 1.165) is 38.0 Å². The van der Waals surface area contributed by atoms with Crippen molar-refractivity contribution in [2.24, 2.45) is 5.92 Å². The van der Waals surface area contributed by atoms with E-state index in [1.165, 1.54) is 17.5 Å². The first kappa shape index (κ1) is 23.0. The SMILES string of the molecule is Cc1ccc(CCC2CCN(CC(=O)Nc3cc(C)nn3C3CCS(=O)(=O)C3)CC2)cc1. The number of hydrogen-bond donors (Lipinski definition) is 1. The molecule has 1 amide bonds. The molecule has 1 unspecified atom stereocenters. The molecule has 2 saturated heterocycles. The molecule has 3 heterocycles. The van der Waals surface area contributed by atoms with E-state index < -0.39 is 9.84 Å². The summed E-state index contributed by atoms with van der Waals surface area (Å²) in [4.78, 5) is 14.9. The van der Waals surface area contributed by atoms with Gasteiger partial charge in [-0.3, -0.25) is 9.69 Å². The maximum atomic E-state index is 12.7. The molecule has 1 N–H and O–H groups in total. The fraction of sp³-hybridized carbons (Fsp3) is 0.583. The molecule has 0 spiro atoms. The van der Waals surface area contributed by atoms with Crippen LogP contribution >= 0.6 is 0 Å². The third-order valence-electron chi connectivity index (χ3n) is 6.72. The second kappa shape index (κ2) is 9.75. The van der Waals surface area contributed by atoms with Crippen molar-refractivity contribution in [3.05, 3.63) is 47.2 Å². The smallest absolute Gasteiger partial charge is 0.239 e. The topological polar surface area (TPSA) is 84.3 Å². The van der Waals surface area contributed by atoms with Crippen molar-refractivity contribution < 1.29 is 13.2 Å². The molecule has 2 aliphatic rings. The molecule has 1 aromatic heterocycles. The van der Waals surface area contributed by atoms with Crippen LogP contribution in [0.4, 0.5) is 5.82 Å². The van der Waals surface area contributed by atoms with Gasteiger partial charge in [-0.25, -0.2) is 13.1 Å². The predicted octanol–water partition coefficient (Wildman–Crippen LogP) is 3.14. The zero-order valence-corrected chi connectivity index (χ0v) is 19.9. The van der Waals surface area contributed by atoms with E-state index in [2.05, 4.69) is 46.5 Å². The Bertz CT molecular complexity index is 1040. The molecule has 4 rings (SSSR count). The number of rotatable bonds is 7. The van der Waals surface area contributed by atoms with Gasteiger partial charge in [0.05, 0.1) is 29.8 Å². The third-order valence-corrected chi connectivity index (χ3v) is 8.47. The van der Waals surface area contributed by atoms with E-state index in [4.69, 9.17) is 0 Å². The number of hydrogen-bond acceptors (Lipinski definition) is 5. The molecule has 2 fully saturated rings. The van der Waals surface area contributed by atoms with E-state index in [0.29, 0.717) is 24.7 Å². The highest BCUT2D eigenvalue weighted by atomic mass is 32.2. The number of likely N-dealkylation sites (tertiary alicyclic amines) is 1. The van der Waals surface area contributed by atoms with Gasteiger partial charge in [-0.1, -0.05) is 29.8 Å². The predicted molar refractivity (Wildman–Crippen MR) is 127 cm³/mol. The molecule has 174 valence electrons. The van der Waals surface area contributed by atoms with Crippen molar-refractivity contribution in [2.75, 3.05) is 36.5 Å². The lowest BCUT2D eigenvalue weighted by molar-refractivity contribution is -0.117. The molecule has 8 heteroatoms. The van der Waals surface area contributed by atoms with Crippen LogP contribution in [-0.2, 0) is 21.1 Å². The van der Waals surface area contributed by atoms with Gasteiger partial charge in [-0.2, -0.15) is 5.10 Å². The summed E-state index contributed by atoms with van der Waals surface area (Å²) in [7, 11) is -3.01. The Morgan fingerprint density at radius 2 is 1.84 bits per heavy atom. The van der Waals surface area contributed by atoms with Crippen LogP contribution < -0.4 is 5.32 Å². The normalized spacial score (nSPS) is 21.6. The van der Waals surface area contributed by atoms with Crippen LogP contribution in [0.25, 0.3) is 0 Å². The van der Waals surface area contributed by atoms with Crippen LogP contribution in [0, 0.1) is 19.8 Å². The average molecular weight is 459 g/mol. The van der Waals surface area contributed by atoms with E-state index in [1.807, 2.05) is 13.0 Å². The molecule has 0 aliphatic carbocycles. The summed E-state index contributed by atoms with van der Waals surface area (Å²) in [5, 5.41) is 7.41. The largest absolute Gasteiger partial charge is 0.310 e. The second-order valence-electron chi connectivity index (χ2n) is 9.46. The van der Waals surface area contributed by atoms with Crippen LogP contribution in [-0.4, -0.2) is 60.1 Å². The van der Waals surface area contributed by atoms with E-state index in [9.17, 15) is 13.2 Å². The number of benzene rings is 1. The number of aromatic nitrogens is 2. The van der Waals surface area contributed by atoms with Crippen LogP contribution in [0.15, 0.2) is 30.3 Å². The van der Waals surface area contributed by atoms with Gasteiger partial charge in [0.15, 0.2) is 9.84 Å². The number of piperidine rings is 1. The number of aryl methyl sites for hydroxylation is 3. The average Bonchev–Trinajstić information content (AvgIpc) is 3.29. The summed E-state index contributed by atoms with van der Waals surface area (Å²) in [5.41, 5.74) is 3.48. The standard InChI is InChI=1S/C24H34N4O3S/c1-18-3-5-20(6-4-18)7-8-21-9-12-27(13-10-21)16-24(29)25-23-15-19(2)26-28(23)22-11-14-32(30,31)17-22/h3-6,15,21-22H,7-14,16-17H2,1-2H3,(H,25,29). The summed E-state index contributed by atoms with van der Waals surface area (Å²) in [5.74, 6) is 1.52. The monoisotopic (exact) mass is 458 g/mol. The highest BCUT2D eigenvalue weighted by Gasteiger charge is 2.31. The minimum atomic E-state index is -3.01. The molecular weight excluding hydrogens is 424 g/mol. The molecule has 0 saturated carbocycles. The minimum absolute atomic E-state index is 0.0647. The van der Waals surface area contributed by atoms with Gasteiger partial charge in [0, 0.05) is 6.07 Å². The molecule has 0 radical (unpaired) electrons. The number of carbonyl (C=O) groups excluding carboxylic acids is 1. The van der Waals surface area contributed by atoms with Gasteiger partial charge in [0.2, 0.25) is 5.91 Å². The number of sulfone groups is 1. The van der Waals surface area contributed by atoms with Crippen molar-refractivity contribution in [1.29, 1.82) is 0 Å². The lowest BCUT2D eigenvalue weighted by Crippen LogP contribution is -2.39. The summed E-state index contributed by atoms with van der Waals surface area (Å²) in [6.07, 6.45) is 5.10. The van der Waals surface area contributed by atoms with E-state index in [-0.39, 0.29) is 23.5 Å². The maximum Gasteiger partial charge on any atom is 0.239 e. The first-order valence-electron chi connectivity index (χ1n) is 11.6. The highest BCUT2D eigenvalue weighted by Crippen LogP contribution is 2.27. The second-order valence-corrected chi connectivity index (χ2v) is 11.7. The van der Waals surface area contributed by atoms with Crippen molar-refractivity contribution >= 4 is 21.6 Å². The molecule has 7 nitrogen and oxygen atoms in total. The molecule has 0 bridgehead atoms.